The lowest BCUT2D eigenvalue weighted by Gasteiger charge is -2.14. The SMILES string of the molecule is O=C(Cc1ccccc1Nc1c(Cl)cccc1Cl)OCCCn1ccnc1. The largest absolute Gasteiger partial charge is 0.465 e. The zero-order chi connectivity index (χ0) is 19.1. The third-order valence-electron chi connectivity index (χ3n) is 3.96. The second-order valence-electron chi connectivity index (χ2n) is 5.93. The molecule has 0 unspecified atom stereocenters. The summed E-state index contributed by atoms with van der Waals surface area (Å²) >= 11 is 12.4. The van der Waals surface area contributed by atoms with Crippen LogP contribution in [0.3, 0.4) is 0 Å². The molecule has 0 aliphatic rings. The maximum Gasteiger partial charge on any atom is 0.310 e. The van der Waals surface area contributed by atoms with Crippen molar-refractivity contribution in [2.45, 2.75) is 19.4 Å². The van der Waals surface area contributed by atoms with Gasteiger partial charge in [-0.3, -0.25) is 4.79 Å². The monoisotopic (exact) mass is 403 g/mol. The Morgan fingerprint density at radius 1 is 1.11 bits per heavy atom. The first-order valence-corrected chi connectivity index (χ1v) is 9.29. The molecule has 0 amide bonds. The summed E-state index contributed by atoms with van der Waals surface area (Å²) in [6.45, 7) is 1.12. The molecule has 1 N–H and O–H groups in total. The number of ether oxygens (including phenoxy) is 1. The fourth-order valence-electron chi connectivity index (χ4n) is 2.61. The second kappa shape index (κ2) is 9.44. The van der Waals surface area contributed by atoms with Crippen LogP contribution >= 0.6 is 23.2 Å². The maximum absolute atomic E-state index is 12.2. The third-order valence-corrected chi connectivity index (χ3v) is 4.59. The van der Waals surface area contributed by atoms with Gasteiger partial charge >= 0.3 is 5.97 Å². The summed E-state index contributed by atoms with van der Waals surface area (Å²) in [5.41, 5.74) is 2.19. The van der Waals surface area contributed by atoms with Crippen LogP contribution in [0.25, 0.3) is 0 Å². The molecule has 0 radical (unpaired) electrons. The molecule has 140 valence electrons. The average molecular weight is 404 g/mol. The van der Waals surface area contributed by atoms with Crippen molar-refractivity contribution >= 4 is 40.5 Å². The van der Waals surface area contributed by atoms with Crippen molar-refractivity contribution < 1.29 is 9.53 Å². The van der Waals surface area contributed by atoms with E-state index in [2.05, 4.69) is 10.3 Å². The number of rotatable bonds is 8. The van der Waals surface area contributed by atoms with Crippen LogP contribution in [0, 0.1) is 0 Å². The summed E-state index contributed by atoms with van der Waals surface area (Å²) in [7, 11) is 0. The lowest BCUT2D eigenvalue weighted by Crippen LogP contribution is -2.11. The van der Waals surface area contributed by atoms with E-state index in [0.717, 1.165) is 24.2 Å². The summed E-state index contributed by atoms with van der Waals surface area (Å²) in [6, 6.07) is 12.8. The summed E-state index contributed by atoms with van der Waals surface area (Å²) in [6.07, 6.45) is 6.24. The molecule has 0 fully saturated rings. The molecule has 0 saturated carbocycles. The second-order valence-corrected chi connectivity index (χ2v) is 6.74. The van der Waals surface area contributed by atoms with E-state index in [1.807, 2.05) is 35.0 Å². The maximum atomic E-state index is 12.2. The van der Waals surface area contributed by atoms with Crippen molar-refractivity contribution in [3.63, 3.8) is 0 Å². The Morgan fingerprint density at radius 3 is 2.63 bits per heavy atom. The first kappa shape index (κ1) is 19.3. The number of carbonyl (C=O) groups is 1. The van der Waals surface area contributed by atoms with Gasteiger partial charge in [-0.2, -0.15) is 0 Å². The highest BCUT2D eigenvalue weighted by Crippen LogP contribution is 2.33. The molecule has 2 aromatic carbocycles. The quantitative estimate of drug-likeness (QED) is 0.419. The number of aromatic nitrogens is 2. The lowest BCUT2D eigenvalue weighted by atomic mass is 10.1. The van der Waals surface area contributed by atoms with Gasteiger partial charge in [0.25, 0.3) is 0 Å². The minimum atomic E-state index is -0.278. The van der Waals surface area contributed by atoms with Crippen LogP contribution in [0.1, 0.15) is 12.0 Å². The Morgan fingerprint density at radius 2 is 1.89 bits per heavy atom. The molecule has 3 rings (SSSR count). The number of para-hydroxylation sites is 2. The van der Waals surface area contributed by atoms with Gasteiger partial charge in [0.1, 0.15) is 0 Å². The van der Waals surface area contributed by atoms with E-state index >= 15 is 0 Å². The Kier molecular flexibility index (Phi) is 6.74. The van der Waals surface area contributed by atoms with E-state index in [0.29, 0.717) is 22.3 Å². The molecule has 0 atom stereocenters. The van der Waals surface area contributed by atoms with Crippen molar-refractivity contribution in [1.82, 2.24) is 9.55 Å². The summed E-state index contributed by atoms with van der Waals surface area (Å²) < 4.78 is 7.29. The van der Waals surface area contributed by atoms with Crippen LogP contribution in [0.2, 0.25) is 10.0 Å². The number of nitrogens with zero attached hydrogens (tertiary/aromatic N) is 2. The van der Waals surface area contributed by atoms with E-state index in [4.69, 9.17) is 27.9 Å². The molecule has 7 heteroatoms. The summed E-state index contributed by atoms with van der Waals surface area (Å²) in [5, 5.41) is 4.24. The molecule has 1 heterocycles. The Bertz CT molecular complexity index is 878. The number of aryl methyl sites for hydroxylation is 1. The van der Waals surface area contributed by atoms with Crippen molar-refractivity contribution in [1.29, 1.82) is 0 Å². The van der Waals surface area contributed by atoms with Gasteiger partial charge in [-0.05, 0) is 30.2 Å². The van der Waals surface area contributed by atoms with Gasteiger partial charge in [0, 0.05) is 24.6 Å². The molecule has 5 nitrogen and oxygen atoms in total. The van der Waals surface area contributed by atoms with Gasteiger partial charge in [0.05, 0.1) is 35.1 Å². The average Bonchev–Trinajstić information content (AvgIpc) is 3.17. The Balaban J connectivity index is 1.58. The van der Waals surface area contributed by atoms with E-state index in [-0.39, 0.29) is 12.4 Å². The van der Waals surface area contributed by atoms with Crippen molar-refractivity contribution in [2.75, 3.05) is 11.9 Å². The summed E-state index contributed by atoms with van der Waals surface area (Å²) in [5.74, 6) is -0.278. The Hall–Kier alpha value is -2.50. The number of esters is 1. The minimum absolute atomic E-state index is 0.163. The number of carbonyl (C=O) groups excluding carboxylic acids is 1. The number of anilines is 2. The van der Waals surface area contributed by atoms with Crippen molar-refractivity contribution in [2.24, 2.45) is 0 Å². The molecule has 0 saturated heterocycles. The third kappa shape index (κ3) is 5.49. The predicted molar refractivity (Wildman–Crippen MR) is 108 cm³/mol. The van der Waals surface area contributed by atoms with Crippen LogP contribution in [0.4, 0.5) is 11.4 Å². The van der Waals surface area contributed by atoms with Gasteiger partial charge in [-0.25, -0.2) is 4.98 Å². The van der Waals surface area contributed by atoms with Gasteiger partial charge in [0.15, 0.2) is 0 Å². The zero-order valence-corrected chi connectivity index (χ0v) is 16.1. The number of nitrogens with one attached hydrogen (secondary N) is 1. The Labute approximate surface area is 167 Å². The molecule has 3 aromatic rings. The van der Waals surface area contributed by atoms with Crippen LogP contribution in [0.5, 0.6) is 0 Å². The van der Waals surface area contributed by atoms with E-state index < -0.39 is 0 Å². The number of hydrogen-bond acceptors (Lipinski definition) is 4. The molecule has 0 aliphatic heterocycles. The standard InChI is InChI=1S/C20H19Cl2N3O2/c21-16-6-3-7-17(22)20(16)24-18-8-2-1-5-15(18)13-19(26)27-12-4-10-25-11-9-23-14-25/h1-3,5-9,11,14,24H,4,10,12-13H2. The molecule has 0 spiro atoms. The summed E-state index contributed by atoms with van der Waals surface area (Å²) in [4.78, 5) is 16.2. The van der Waals surface area contributed by atoms with Crippen molar-refractivity contribution in [3.05, 3.63) is 76.8 Å². The zero-order valence-electron chi connectivity index (χ0n) is 14.6. The number of imidazole rings is 1. The molecule has 0 bridgehead atoms. The van der Waals surface area contributed by atoms with Gasteiger partial charge in [-0.15, -0.1) is 0 Å². The smallest absolute Gasteiger partial charge is 0.310 e. The minimum Gasteiger partial charge on any atom is -0.465 e. The molecule has 0 aliphatic carbocycles. The highest BCUT2D eigenvalue weighted by Gasteiger charge is 2.12. The van der Waals surface area contributed by atoms with E-state index in [9.17, 15) is 4.79 Å². The van der Waals surface area contributed by atoms with E-state index in [1.165, 1.54) is 0 Å². The van der Waals surface area contributed by atoms with Crippen LogP contribution in [-0.4, -0.2) is 22.1 Å². The molecule has 27 heavy (non-hydrogen) atoms. The molecule has 1 aromatic heterocycles. The number of benzene rings is 2. The van der Waals surface area contributed by atoms with Crippen LogP contribution < -0.4 is 5.32 Å². The number of hydrogen-bond donors (Lipinski definition) is 1. The van der Waals surface area contributed by atoms with Gasteiger partial charge in [-0.1, -0.05) is 47.5 Å². The fourth-order valence-corrected chi connectivity index (χ4v) is 3.10. The first-order valence-electron chi connectivity index (χ1n) is 8.54. The van der Waals surface area contributed by atoms with Crippen LogP contribution in [-0.2, 0) is 22.5 Å². The highest BCUT2D eigenvalue weighted by molar-refractivity contribution is 6.39. The van der Waals surface area contributed by atoms with Gasteiger partial charge in [0.2, 0.25) is 0 Å². The topological polar surface area (TPSA) is 56.1 Å². The first-order chi connectivity index (χ1) is 13.1. The lowest BCUT2D eigenvalue weighted by molar-refractivity contribution is -0.142. The molecular formula is C20H19Cl2N3O2. The number of halogens is 2. The fraction of sp³-hybridized carbons (Fsp3) is 0.200. The van der Waals surface area contributed by atoms with E-state index in [1.54, 1.807) is 30.7 Å². The highest BCUT2D eigenvalue weighted by atomic mass is 35.5. The van der Waals surface area contributed by atoms with Gasteiger partial charge < -0.3 is 14.6 Å². The molecular weight excluding hydrogens is 385 g/mol. The normalized spacial score (nSPS) is 10.6. The van der Waals surface area contributed by atoms with Crippen LogP contribution in [0.15, 0.2) is 61.2 Å². The predicted octanol–water partition coefficient (Wildman–Crippen LogP) is 5.11. The van der Waals surface area contributed by atoms with Crippen molar-refractivity contribution in [3.8, 4) is 0 Å².